The van der Waals surface area contributed by atoms with Crippen LogP contribution in [0.15, 0.2) is 84.0 Å². The monoisotopic (exact) mass is 329 g/mol. The molecular weight excluding hydrogens is 310 g/mol. The molecule has 2 N–H and O–H groups in total. The number of carbonyl (C=O) groups excluding carboxylic acids is 1. The average molecular weight is 329 g/mol. The van der Waals surface area contributed by atoms with Gasteiger partial charge in [-0.3, -0.25) is 4.79 Å². The Labute approximate surface area is 146 Å². The van der Waals surface area contributed by atoms with Gasteiger partial charge in [-0.15, -0.1) is 0 Å². The molecule has 0 fully saturated rings. The third-order valence-corrected chi connectivity index (χ3v) is 3.64. The van der Waals surface area contributed by atoms with E-state index in [1.165, 1.54) is 5.39 Å². The number of hydrogen-bond acceptors (Lipinski definition) is 3. The number of allylic oxidation sites excluding steroid dienone is 1. The first-order chi connectivity index (χ1) is 12.3. The van der Waals surface area contributed by atoms with Gasteiger partial charge < -0.3 is 5.32 Å². The van der Waals surface area contributed by atoms with Crippen LogP contribution in [0.5, 0.6) is 0 Å². The van der Waals surface area contributed by atoms with E-state index in [1.807, 2.05) is 72.8 Å². The van der Waals surface area contributed by atoms with E-state index in [0.29, 0.717) is 0 Å². The molecule has 0 heterocycles. The quantitative estimate of drug-likeness (QED) is 0.529. The molecule has 0 atom stereocenters. The summed E-state index contributed by atoms with van der Waals surface area (Å²) in [6.45, 7) is 0.165. The van der Waals surface area contributed by atoms with Crippen molar-refractivity contribution in [2.75, 3.05) is 11.9 Å². The number of hydrazone groups is 1. The molecule has 0 bridgehead atoms. The van der Waals surface area contributed by atoms with E-state index in [1.54, 1.807) is 12.3 Å². The minimum atomic E-state index is -0.197. The largest absolute Gasteiger partial charge is 0.376 e. The van der Waals surface area contributed by atoms with Crippen LogP contribution in [0.3, 0.4) is 0 Å². The average Bonchev–Trinajstić information content (AvgIpc) is 2.67. The molecule has 0 spiro atoms. The number of amides is 1. The SMILES string of the molecule is O=C(CNc1ccc2ccccc2c1)N/N=C\C=C\c1ccccc1. The van der Waals surface area contributed by atoms with Gasteiger partial charge in [0.25, 0.3) is 5.91 Å². The molecule has 3 aromatic rings. The third kappa shape index (κ3) is 5.04. The first-order valence-corrected chi connectivity index (χ1v) is 8.07. The van der Waals surface area contributed by atoms with Crippen molar-refractivity contribution in [1.29, 1.82) is 0 Å². The maximum atomic E-state index is 11.8. The molecular formula is C21H19N3O. The lowest BCUT2D eigenvalue weighted by atomic mass is 10.1. The summed E-state index contributed by atoms with van der Waals surface area (Å²) in [7, 11) is 0. The van der Waals surface area contributed by atoms with Crippen LogP contribution < -0.4 is 10.7 Å². The normalized spacial score (nSPS) is 11.2. The lowest BCUT2D eigenvalue weighted by Gasteiger charge is -2.06. The van der Waals surface area contributed by atoms with Crippen molar-refractivity contribution in [2.45, 2.75) is 0 Å². The van der Waals surface area contributed by atoms with Gasteiger partial charge >= 0.3 is 0 Å². The molecule has 0 unspecified atom stereocenters. The standard InChI is InChI=1S/C21H19N3O/c25-21(24-23-14-6-9-17-7-2-1-3-8-17)16-22-20-13-12-18-10-4-5-11-19(18)15-20/h1-15,22H,16H2,(H,24,25)/b9-6+,23-14-. The number of nitrogens with zero attached hydrogens (tertiary/aromatic N) is 1. The second-order valence-corrected chi connectivity index (χ2v) is 5.50. The first-order valence-electron chi connectivity index (χ1n) is 8.07. The number of carbonyl (C=O) groups is 1. The van der Waals surface area contributed by atoms with Gasteiger partial charge in [0.05, 0.1) is 6.54 Å². The van der Waals surface area contributed by atoms with Crippen molar-refractivity contribution >= 4 is 34.7 Å². The minimum absolute atomic E-state index is 0.165. The first kappa shape index (κ1) is 16.5. The van der Waals surface area contributed by atoms with E-state index in [9.17, 15) is 4.79 Å². The van der Waals surface area contributed by atoms with Gasteiger partial charge in [-0.05, 0) is 34.5 Å². The molecule has 0 aliphatic heterocycles. The van der Waals surface area contributed by atoms with E-state index < -0.39 is 0 Å². The molecule has 0 saturated carbocycles. The van der Waals surface area contributed by atoms with Crippen LogP contribution in [-0.4, -0.2) is 18.7 Å². The Morgan fingerprint density at radius 1 is 0.920 bits per heavy atom. The third-order valence-electron chi connectivity index (χ3n) is 3.64. The van der Waals surface area contributed by atoms with Crippen LogP contribution in [0.25, 0.3) is 16.8 Å². The topological polar surface area (TPSA) is 53.5 Å². The van der Waals surface area contributed by atoms with Gasteiger partial charge in [-0.1, -0.05) is 66.7 Å². The fourth-order valence-corrected chi connectivity index (χ4v) is 2.39. The Morgan fingerprint density at radius 2 is 1.68 bits per heavy atom. The van der Waals surface area contributed by atoms with Crippen molar-refractivity contribution in [3.05, 3.63) is 84.4 Å². The maximum absolute atomic E-state index is 11.8. The molecule has 0 aliphatic carbocycles. The summed E-state index contributed by atoms with van der Waals surface area (Å²) in [6, 6.07) is 24.0. The fraction of sp³-hybridized carbons (Fsp3) is 0.0476. The summed E-state index contributed by atoms with van der Waals surface area (Å²) < 4.78 is 0. The lowest BCUT2D eigenvalue weighted by molar-refractivity contribution is -0.119. The van der Waals surface area contributed by atoms with Crippen molar-refractivity contribution < 1.29 is 4.79 Å². The van der Waals surface area contributed by atoms with Crippen LogP contribution in [-0.2, 0) is 4.79 Å². The smallest absolute Gasteiger partial charge is 0.259 e. The van der Waals surface area contributed by atoms with E-state index in [4.69, 9.17) is 0 Å². The Kier molecular flexibility index (Phi) is 5.56. The summed E-state index contributed by atoms with van der Waals surface area (Å²) in [5.41, 5.74) is 4.48. The predicted molar refractivity (Wildman–Crippen MR) is 105 cm³/mol. The van der Waals surface area contributed by atoms with Crippen molar-refractivity contribution in [3.8, 4) is 0 Å². The second kappa shape index (κ2) is 8.45. The van der Waals surface area contributed by atoms with Crippen LogP contribution >= 0.6 is 0 Å². The Morgan fingerprint density at radius 3 is 2.52 bits per heavy atom. The number of rotatable bonds is 6. The molecule has 0 aliphatic rings. The van der Waals surface area contributed by atoms with E-state index in [2.05, 4.69) is 21.9 Å². The number of fused-ring (bicyclic) bond motifs is 1. The molecule has 25 heavy (non-hydrogen) atoms. The van der Waals surface area contributed by atoms with Gasteiger partial charge in [0, 0.05) is 11.9 Å². The predicted octanol–water partition coefficient (Wildman–Crippen LogP) is 4.07. The zero-order valence-corrected chi connectivity index (χ0v) is 13.7. The number of hydrogen-bond donors (Lipinski definition) is 2. The summed E-state index contributed by atoms with van der Waals surface area (Å²) >= 11 is 0. The zero-order valence-electron chi connectivity index (χ0n) is 13.7. The number of benzene rings is 3. The van der Waals surface area contributed by atoms with Crippen molar-refractivity contribution in [3.63, 3.8) is 0 Å². The molecule has 3 rings (SSSR count). The van der Waals surface area contributed by atoms with Crippen LogP contribution in [0.4, 0.5) is 5.69 Å². The van der Waals surface area contributed by atoms with Gasteiger partial charge in [-0.25, -0.2) is 5.43 Å². The molecule has 1 amide bonds. The second-order valence-electron chi connectivity index (χ2n) is 5.50. The zero-order chi connectivity index (χ0) is 17.3. The van der Waals surface area contributed by atoms with Gasteiger partial charge in [0.15, 0.2) is 0 Å². The van der Waals surface area contributed by atoms with Crippen molar-refractivity contribution in [1.82, 2.24) is 5.43 Å². The lowest BCUT2D eigenvalue weighted by Crippen LogP contribution is -2.25. The van der Waals surface area contributed by atoms with Crippen LogP contribution in [0.1, 0.15) is 5.56 Å². The summed E-state index contributed by atoms with van der Waals surface area (Å²) in [5.74, 6) is -0.197. The highest BCUT2D eigenvalue weighted by atomic mass is 16.2. The maximum Gasteiger partial charge on any atom is 0.259 e. The summed E-state index contributed by atoms with van der Waals surface area (Å²) in [4.78, 5) is 11.8. The Hall–Kier alpha value is -3.40. The Balaban J connectivity index is 1.45. The summed E-state index contributed by atoms with van der Waals surface area (Å²) in [5, 5.41) is 9.31. The Bertz CT molecular complexity index is 901. The number of nitrogens with one attached hydrogen (secondary N) is 2. The van der Waals surface area contributed by atoms with Gasteiger partial charge in [0.2, 0.25) is 0 Å². The molecule has 0 aromatic heterocycles. The molecule has 3 aromatic carbocycles. The number of anilines is 1. The molecule has 124 valence electrons. The van der Waals surface area contributed by atoms with E-state index in [-0.39, 0.29) is 12.5 Å². The molecule has 4 nitrogen and oxygen atoms in total. The highest BCUT2D eigenvalue weighted by molar-refractivity contribution is 5.87. The molecule has 0 saturated heterocycles. The van der Waals surface area contributed by atoms with Gasteiger partial charge in [0.1, 0.15) is 0 Å². The van der Waals surface area contributed by atoms with E-state index >= 15 is 0 Å². The molecule has 0 radical (unpaired) electrons. The summed E-state index contributed by atoms with van der Waals surface area (Å²) in [6.07, 6.45) is 5.26. The van der Waals surface area contributed by atoms with Gasteiger partial charge in [-0.2, -0.15) is 5.10 Å². The van der Waals surface area contributed by atoms with Crippen LogP contribution in [0, 0.1) is 0 Å². The highest BCUT2D eigenvalue weighted by Crippen LogP contribution is 2.18. The molecule has 4 heteroatoms. The minimum Gasteiger partial charge on any atom is -0.376 e. The highest BCUT2D eigenvalue weighted by Gasteiger charge is 2.00. The van der Waals surface area contributed by atoms with Crippen molar-refractivity contribution in [2.24, 2.45) is 5.10 Å². The van der Waals surface area contributed by atoms with Crippen LogP contribution in [0.2, 0.25) is 0 Å². The fourth-order valence-electron chi connectivity index (χ4n) is 2.39. The van der Waals surface area contributed by atoms with E-state index in [0.717, 1.165) is 16.6 Å².